The molecule has 4 heteroatoms. The topological polar surface area (TPSA) is 51.2 Å². The summed E-state index contributed by atoms with van der Waals surface area (Å²) in [7, 11) is 0. The number of hydrogen-bond acceptors (Lipinski definition) is 3. The van der Waals surface area contributed by atoms with Crippen molar-refractivity contribution in [2.75, 3.05) is 0 Å². The monoisotopic (exact) mass is 163 g/mol. The van der Waals surface area contributed by atoms with E-state index >= 15 is 0 Å². The fourth-order valence-electron chi connectivity index (χ4n) is 0.286. The molecule has 0 heterocycles. The van der Waals surface area contributed by atoms with E-state index in [9.17, 15) is 9.59 Å². The van der Waals surface area contributed by atoms with Crippen molar-refractivity contribution in [2.45, 2.75) is 13.8 Å². The van der Waals surface area contributed by atoms with Crippen LogP contribution < -0.4 is 0 Å². The van der Waals surface area contributed by atoms with Crippen LogP contribution in [0.5, 0.6) is 0 Å². The molecule has 0 aliphatic rings. The number of ketones is 2. The van der Waals surface area contributed by atoms with Gasteiger partial charge in [0.05, 0.1) is 0 Å². The molecule has 3 nitrogen and oxygen atoms in total. The van der Waals surface area contributed by atoms with Gasteiger partial charge in [0, 0.05) is 11.6 Å². The van der Waals surface area contributed by atoms with Crippen LogP contribution in [0.1, 0.15) is 13.8 Å². The standard InChI is InChI=1S/C5H7O2.O.Ti/c1-4(6)3-5(2)7;;/h3H,1-2H3;;/q-1;;+1. The molecule has 0 aliphatic heterocycles. The maximum atomic E-state index is 9.98. The zero-order valence-electron chi connectivity index (χ0n) is 5.30. The Bertz CT molecular complexity index is 98.8. The number of Topliss-reactive ketones (excluding diaryl/α,β-unsaturated/α-hetero) is 2. The Morgan fingerprint density at radius 3 is 1.33 bits per heavy atom. The first-order valence-electron chi connectivity index (χ1n) is 2.19. The summed E-state index contributed by atoms with van der Waals surface area (Å²) in [6, 6.07) is 0. The van der Waals surface area contributed by atoms with Gasteiger partial charge in [-0.15, -0.1) is 0 Å². The summed E-state index contributed by atoms with van der Waals surface area (Å²) in [5, 5.41) is 0. The number of carbonyl (C=O) groups excluding carboxylic acids is 2. The normalized spacial score (nSPS) is 6.67. The molecule has 0 aromatic heterocycles. The Labute approximate surface area is 65.5 Å². The summed E-state index contributed by atoms with van der Waals surface area (Å²) in [6.07, 6.45) is 1.06. The molecule has 0 amide bonds. The molecule has 0 aromatic rings. The summed E-state index contributed by atoms with van der Waals surface area (Å²) in [5.74, 6) is -0.375. The van der Waals surface area contributed by atoms with Crippen LogP contribution >= 0.6 is 0 Å². The summed E-state index contributed by atoms with van der Waals surface area (Å²) in [4.78, 5) is 20.0. The Hall–Kier alpha value is -0.276. The van der Waals surface area contributed by atoms with Crippen LogP contribution in [0.4, 0.5) is 0 Å². The molecule has 0 unspecified atom stereocenters. The van der Waals surface area contributed by atoms with Gasteiger partial charge in [-0.3, -0.25) is 6.42 Å². The number of carbonyl (C=O) groups is 2. The van der Waals surface area contributed by atoms with Crippen molar-refractivity contribution in [3.63, 3.8) is 0 Å². The van der Waals surface area contributed by atoms with Crippen LogP contribution in [-0.2, 0) is 33.3 Å². The molecule has 0 radical (unpaired) electrons. The summed E-state index contributed by atoms with van der Waals surface area (Å²) in [5.41, 5.74) is 0. The molecule has 0 aliphatic carbocycles. The van der Waals surface area contributed by atoms with Gasteiger partial charge >= 0.3 is 23.7 Å². The fourth-order valence-corrected chi connectivity index (χ4v) is 0.286. The molecule has 49 valence electrons. The first-order valence-corrected chi connectivity index (χ1v) is 2.83. The van der Waals surface area contributed by atoms with Gasteiger partial charge < -0.3 is 9.59 Å². The Morgan fingerprint density at radius 1 is 1.11 bits per heavy atom. The molecule has 0 aromatic carbocycles. The molecule has 0 fully saturated rings. The summed E-state index contributed by atoms with van der Waals surface area (Å²) in [6.45, 7) is 2.70. The summed E-state index contributed by atoms with van der Waals surface area (Å²) < 4.78 is 8.25. The fraction of sp³-hybridized carbons (Fsp3) is 0.400. The molecule has 0 saturated carbocycles. The molecule has 0 spiro atoms. The second-order valence-corrected chi connectivity index (χ2v) is 1.37. The van der Waals surface area contributed by atoms with E-state index < -0.39 is 0 Å². The predicted molar refractivity (Wildman–Crippen MR) is 26.3 cm³/mol. The van der Waals surface area contributed by atoms with Gasteiger partial charge in [0.2, 0.25) is 0 Å². The Kier molecular flexibility index (Phi) is 9.88. The second kappa shape index (κ2) is 7.72. The Morgan fingerprint density at radius 2 is 1.33 bits per heavy atom. The van der Waals surface area contributed by atoms with Gasteiger partial charge in [0.1, 0.15) is 0 Å². The van der Waals surface area contributed by atoms with E-state index in [4.69, 9.17) is 3.32 Å². The van der Waals surface area contributed by atoms with Crippen LogP contribution in [0.25, 0.3) is 0 Å². The molecule has 9 heavy (non-hydrogen) atoms. The van der Waals surface area contributed by atoms with Gasteiger partial charge in [0.25, 0.3) is 0 Å². The van der Waals surface area contributed by atoms with Gasteiger partial charge in [0.15, 0.2) is 0 Å². The van der Waals surface area contributed by atoms with Gasteiger partial charge in [-0.05, 0) is 13.8 Å². The maximum absolute atomic E-state index is 9.98. The average molecular weight is 163 g/mol. The van der Waals surface area contributed by atoms with Crippen LogP contribution in [0.2, 0.25) is 0 Å². The van der Waals surface area contributed by atoms with E-state index in [0.717, 1.165) is 26.8 Å². The van der Waals surface area contributed by atoms with E-state index in [1.54, 1.807) is 0 Å². The third-order valence-electron chi connectivity index (χ3n) is 0.407. The molecule has 0 rings (SSSR count). The molecule has 0 bridgehead atoms. The van der Waals surface area contributed by atoms with E-state index in [1.807, 2.05) is 0 Å². The SMILES string of the molecule is CC(=O)[CH-]C(C)=O.[O]=[Ti+]. The van der Waals surface area contributed by atoms with Gasteiger partial charge in [-0.1, -0.05) is 0 Å². The Balaban J connectivity index is 0. The van der Waals surface area contributed by atoms with Gasteiger partial charge in [-0.25, -0.2) is 0 Å². The minimum absolute atomic E-state index is 0.187. The third-order valence-corrected chi connectivity index (χ3v) is 0.407. The van der Waals surface area contributed by atoms with Crippen molar-refractivity contribution >= 4 is 11.6 Å². The van der Waals surface area contributed by atoms with E-state index in [0.29, 0.717) is 0 Å². The van der Waals surface area contributed by atoms with Crippen molar-refractivity contribution in [3.8, 4) is 0 Å². The van der Waals surface area contributed by atoms with Crippen molar-refractivity contribution in [2.24, 2.45) is 0 Å². The zero-order chi connectivity index (χ0) is 7.86. The van der Waals surface area contributed by atoms with E-state index in [2.05, 4.69) is 0 Å². The van der Waals surface area contributed by atoms with Crippen LogP contribution in [0, 0.1) is 6.42 Å². The molecule has 0 atom stereocenters. The van der Waals surface area contributed by atoms with E-state index in [-0.39, 0.29) is 11.6 Å². The first-order chi connectivity index (χ1) is 4.13. The average Bonchev–Trinajstić information content (AvgIpc) is 1.68. The van der Waals surface area contributed by atoms with Crippen molar-refractivity contribution in [1.82, 2.24) is 0 Å². The van der Waals surface area contributed by atoms with Crippen molar-refractivity contribution < 1.29 is 33.3 Å². The summed E-state index contributed by atoms with van der Waals surface area (Å²) >= 11 is 0.750. The molecular formula is C5H7O3Ti. The molecule has 0 N–H and O–H groups in total. The molecule has 0 saturated heterocycles. The van der Waals surface area contributed by atoms with E-state index in [1.165, 1.54) is 13.8 Å². The minimum atomic E-state index is -0.187. The first kappa shape index (κ1) is 11.5. The van der Waals surface area contributed by atoms with Crippen LogP contribution in [-0.4, -0.2) is 11.6 Å². The third kappa shape index (κ3) is 18.2. The molecular weight excluding hydrogens is 156 g/mol. The quantitative estimate of drug-likeness (QED) is 0.333. The van der Waals surface area contributed by atoms with Crippen LogP contribution in [0.3, 0.4) is 0 Å². The predicted octanol–water partition coefficient (Wildman–Crippen LogP) is 0.247. The number of hydrogen-bond donors (Lipinski definition) is 0. The van der Waals surface area contributed by atoms with Crippen molar-refractivity contribution in [1.29, 1.82) is 0 Å². The van der Waals surface area contributed by atoms with Crippen LogP contribution in [0.15, 0.2) is 0 Å². The zero-order valence-corrected chi connectivity index (χ0v) is 6.86. The van der Waals surface area contributed by atoms with Gasteiger partial charge in [-0.2, -0.15) is 0 Å². The second-order valence-electron chi connectivity index (χ2n) is 1.37. The number of rotatable bonds is 2. The van der Waals surface area contributed by atoms with Crippen molar-refractivity contribution in [3.05, 3.63) is 6.42 Å².